The predicted octanol–water partition coefficient (Wildman–Crippen LogP) is 7.51. The van der Waals surface area contributed by atoms with Crippen molar-refractivity contribution in [3.63, 3.8) is 0 Å². The van der Waals surface area contributed by atoms with Crippen molar-refractivity contribution in [3.8, 4) is 0 Å². The zero-order valence-electron chi connectivity index (χ0n) is 21.7. The van der Waals surface area contributed by atoms with Crippen LogP contribution in [0.1, 0.15) is 102 Å². The summed E-state index contributed by atoms with van der Waals surface area (Å²) in [5.74, 6) is 0.127. The van der Waals surface area contributed by atoms with E-state index in [1.807, 2.05) is 12.1 Å². The molecule has 1 aromatic carbocycles. The molecule has 1 N–H and O–H groups in total. The third-order valence-electron chi connectivity index (χ3n) is 8.61. The molecule has 0 spiro atoms. The molecule has 1 aromatic rings. The van der Waals surface area contributed by atoms with E-state index in [-0.39, 0.29) is 25.0 Å². The summed E-state index contributed by atoms with van der Waals surface area (Å²) in [6.07, 6.45) is 11.9. The number of rotatable bonds is 11. The van der Waals surface area contributed by atoms with Crippen molar-refractivity contribution in [1.29, 1.82) is 0 Å². The van der Waals surface area contributed by atoms with Gasteiger partial charge in [0.2, 0.25) is 0 Å². The van der Waals surface area contributed by atoms with Gasteiger partial charge in [0.15, 0.2) is 11.6 Å². The van der Waals surface area contributed by atoms with Crippen LogP contribution in [-0.4, -0.2) is 24.3 Å². The van der Waals surface area contributed by atoms with Gasteiger partial charge < -0.3 is 9.84 Å². The van der Waals surface area contributed by atoms with Crippen LogP contribution in [0.5, 0.6) is 0 Å². The molecule has 3 rings (SSSR count). The molecule has 2 aliphatic carbocycles. The number of aliphatic hydroxyl groups excluding tert-OH is 1. The first-order chi connectivity index (χ1) is 16.8. The number of carbonyl (C=O) groups excluding carboxylic acids is 1. The van der Waals surface area contributed by atoms with Gasteiger partial charge >= 0.3 is 5.97 Å². The van der Waals surface area contributed by atoms with E-state index >= 15 is 0 Å². The van der Waals surface area contributed by atoms with Crippen LogP contribution in [0.25, 0.3) is 0 Å². The Labute approximate surface area is 210 Å². The van der Waals surface area contributed by atoms with Crippen LogP contribution < -0.4 is 0 Å². The van der Waals surface area contributed by atoms with Gasteiger partial charge in [-0.2, -0.15) is 0 Å². The third kappa shape index (κ3) is 7.38. The number of aliphatic hydroxyl groups is 1. The molecule has 0 aliphatic heterocycles. The van der Waals surface area contributed by atoms with E-state index in [1.165, 1.54) is 0 Å². The third-order valence-corrected chi connectivity index (χ3v) is 8.61. The van der Waals surface area contributed by atoms with E-state index in [2.05, 4.69) is 13.5 Å². The lowest BCUT2D eigenvalue weighted by molar-refractivity contribution is -0.141. The van der Waals surface area contributed by atoms with Gasteiger partial charge in [-0.3, -0.25) is 0 Å². The number of esters is 1. The minimum absolute atomic E-state index is 0.0159. The lowest BCUT2D eigenvalue weighted by Crippen LogP contribution is -2.31. The van der Waals surface area contributed by atoms with Gasteiger partial charge in [-0.15, -0.1) is 0 Å². The molecular formula is C30H44F2O3. The molecule has 2 fully saturated rings. The summed E-state index contributed by atoms with van der Waals surface area (Å²) in [6.45, 7) is 7.63. The highest BCUT2D eigenvalue weighted by Gasteiger charge is 2.34. The van der Waals surface area contributed by atoms with Crippen LogP contribution in [0.3, 0.4) is 0 Å². The van der Waals surface area contributed by atoms with Crippen molar-refractivity contribution in [3.05, 3.63) is 47.0 Å². The molecule has 0 saturated heterocycles. The summed E-state index contributed by atoms with van der Waals surface area (Å²) in [7, 11) is 0. The molecule has 3 nitrogen and oxygen atoms in total. The van der Waals surface area contributed by atoms with E-state index < -0.39 is 17.6 Å². The van der Waals surface area contributed by atoms with Gasteiger partial charge in [0, 0.05) is 18.1 Å². The summed E-state index contributed by atoms with van der Waals surface area (Å²) in [4.78, 5) is 11.7. The van der Waals surface area contributed by atoms with Crippen LogP contribution in [0, 0.1) is 35.3 Å². The zero-order valence-corrected chi connectivity index (χ0v) is 21.7. The van der Waals surface area contributed by atoms with Gasteiger partial charge in [-0.1, -0.05) is 38.5 Å². The Balaban J connectivity index is 1.47. The molecule has 5 heteroatoms. The molecule has 2 saturated carbocycles. The molecule has 0 heterocycles. The average molecular weight is 491 g/mol. The monoisotopic (exact) mass is 490 g/mol. The van der Waals surface area contributed by atoms with Crippen LogP contribution in [0.15, 0.2) is 24.3 Å². The molecule has 2 aliphatic rings. The van der Waals surface area contributed by atoms with Crippen molar-refractivity contribution in [1.82, 2.24) is 0 Å². The highest BCUT2D eigenvalue weighted by Crippen LogP contribution is 2.45. The highest BCUT2D eigenvalue weighted by molar-refractivity contribution is 5.86. The minimum Gasteiger partial charge on any atom is -0.462 e. The molecule has 0 aromatic heterocycles. The van der Waals surface area contributed by atoms with E-state index in [0.717, 1.165) is 70.6 Å². The lowest BCUT2D eigenvalue weighted by Gasteiger charge is -2.39. The Morgan fingerprint density at radius 2 is 1.66 bits per heavy atom. The first-order valence-corrected chi connectivity index (χ1v) is 13.8. The summed E-state index contributed by atoms with van der Waals surface area (Å²) in [5, 5.41) is 9.82. The number of carbonyl (C=O) groups is 1. The van der Waals surface area contributed by atoms with Gasteiger partial charge in [-0.25, -0.2) is 13.6 Å². The molecule has 1 atom stereocenters. The van der Waals surface area contributed by atoms with Crippen LogP contribution in [0.2, 0.25) is 0 Å². The second kappa shape index (κ2) is 13.5. The van der Waals surface area contributed by atoms with Crippen molar-refractivity contribution in [2.75, 3.05) is 13.2 Å². The van der Waals surface area contributed by atoms with Gasteiger partial charge in [0.05, 0.1) is 6.61 Å². The Morgan fingerprint density at radius 3 is 2.23 bits per heavy atom. The summed E-state index contributed by atoms with van der Waals surface area (Å²) < 4.78 is 34.8. The fraction of sp³-hybridized carbons (Fsp3) is 0.700. The van der Waals surface area contributed by atoms with Crippen molar-refractivity contribution >= 4 is 5.97 Å². The van der Waals surface area contributed by atoms with E-state index in [9.17, 15) is 18.7 Å². The zero-order chi connectivity index (χ0) is 25.4. The minimum atomic E-state index is -0.633. The molecule has 35 heavy (non-hydrogen) atoms. The number of hydrogen-bond donors (Lipinski definition) is 1. The summed E-state index contributed by atoms with van der Waals surface area (Å²) >= 11 is 0. The van der Waals surface area contributed by atoms with Gasteiger partial charge in [-0.05, 0) is 106 Å². The summed E-state index contributed by atoms with van der Waals surface area (Å²) in [6, 6.07) is 3.65. The van der Waals surface area contributed by atoms with E-state index in [1.54, 1.807) is 6.92 Å². The Hall–Kier alpha value is -1.75. The second-order valence-electron chi connectivity index (χ2n) is 11.0. The quantitative estimate of drug-likeness (QED) is 0.198. The molecule has 0 amide bonds. The molecular weight excluding hydrogens is 446 g/mol. The maximum atomic E-state index is 14.9. The number of ether oxygens (including phenoxy) is 1. The fourth-order valence-corrected chi connectivity index (χ4v) is 6.31. The molecule has 0 bridgehead atoms. The van der Waals surface area contributed by atoms with Gasteiger partial charge in [0.1, 0.15) is 0 Å². The Kier molecular flexibility index (Phi) is 10.8. The largest absolute Gasteiger partial charge is 0.462 e. The number of unbranched alkanes of at least 4 members (excludes halogenated alkanes) is 2. The molecule has 196 valence electrons. The highest BCUT2D eigenvalue weighted by atomic mass is 19.2. The molecule has 1 unspecified atom stereocenters. The first-order valence-electron chi connectivity index (χ1n) is 13.8. The number of benzene rings is 1. The van der Waals surface area contributed by atoms with Crippen molar-refractivity contribution in [2.45, 2.75) is 96.8 Å². The first kappa shape index (κ1) is 27.8. The number of aryl methyl sites for hydroxylation is 1. The van der Waals surface area contributed by atoms with Crippen LogP contribution in [0.4, 0.5) is 8.78 Å². The van der Waals surface area contributed by atoms with Crippen molar-refractivity contribution < 1.29 is 23.4 Å². The Bertz CT molecular complexity index is 836. The number of halogens is 2. The number of hydrogen-bond acceptors (Lipinski definition) is 3. The average Bonchev–Trinajstić information content (AvgIpc) is 2.87. The predicted molar refractivity (Wildman–Crippen MR) is 136 cm³/mol. The summed E-state index contributed by atoms with van der Waals surface area (Å²) in [5.41, 5.74) is 1.46. The van der Waals surface area contributed by atoms with E-state index in [4.69, 9.17) is 4.74 Å². The SMILES string of the molecule is C=C(C)C(=O)OCC(CO)C1CCC(C2CCC(c3ccc(CCCCC)c(F)c3F)CC2)CC1. The normalized spacial score (nSPS) is 25.7. The Morgan fingerprint density at radius 1 is 1.03 bits per heavy atom. The molecule has 0 radical (unpaired) electrons. The maximum Gasteiger partial charge on any atom is 0.333 e. The van der Waals surface area contributed by atoms with E-state index in [0.29, 0.717) is 40.9 Å². The van der Waals surface area contributed by atoms with Crippen LogP contribution in [-0.2, 0) is 16.0 Å². The lowest BCUT2D eigenvalue weighted by atomic mass is 9.67. The smallest absolute Gasteiger partial charge is 0.333 e. The van der Waals surface area contributed by atoms with Gasteiger partial charge in [0.25, 0.3) is 0 Å². The van der Waals surface area contributed by atoms with Crippen LogP contribution >= 0.6 is 0 Å². The maximum absolute atomic E-state index is 14.9. The van der Waals surface area contributed by atoms with Crippen molar-refractivity contribution in [2.24, 2.45) is 23.7 Å². The topological polar surface area (TPSA) is 46.5 Å². The standard InChI is InChI=1S/C30H44F2O3/c1-4-5-6-7-25-16-17-27(29(32)28(25)31)24-14-12-22(13-15-24)21-8-10-23(11-9-21)26(18-33)19-35-30(34)20(2)3/h16-17,21-24,26,33H,2,4-15,18-19H2,1,3H3. The fourth-order valence-electron chi connectivity index (χ4n) is 6.31. The second-order valence-corrected chi connectivity index (χ2v) is 11.0.